The highest BCUT2D eigenvalue weighted by atomic mass is 16.2. The molecule has 1 spiro atoms. The van der Waals surface area contributed by atoms with Crippen molar-refractivity contribution in [1.82, 2.24) is 25.2 Å². The van der Waals surface area contributed by atoms with Crippen LogP contribution in [0.15, 0.2) is 36.9 Å². The maximum atomic E-state index is 12.6. The van der Waals surface area contributed by atoms with E-state index in [0.717, 1.165) is 30.5 Å². The predicted octanol–water partition coefficient (Wildman–Crippen LogP) is 1.46. The number of piperidine rings is 1. The van der Waals surface area contributed by atoms with E-state index in [0.29, 0.717) is 18.8 Å². The molecule has 26 heavy (non-hydrogen) atoms. The molecule has 0 aliphatic carbocycles. The Morgan fingerprint density at radius 2 is 1.92 bits per heavy atom. The maximum absolute atomic E-state index is 12.6. The van der Waals surface area contributed by atoms with Crippen molar-refractivity contribution in [3.8, 4) is 0 Å². The zero-order valence-electron chi connectivity index (χ0n) is 14.7. The number of rotatable bonds is 2. The first-order valence-electron chi connectivity index (χ1n) is 8.86. The summed E-state index contributed by atoms with van der Waals surface area (Å²) in [5, 5.41) is 3.20. The molecule has 0 saturated carbocycles. The molecule has 4 heterocycles. The van der Waals surface area contributed by atoms with E-state index in [-0.39, 0.29) is 23.3 Å². The number of amides is 2. The number of carbonyl (C=O) groups excluding carboxylic acids is 2. The summed E-state index contributed by atoms with van der Waals surface area (Å²) >= 11 is 0. The smallest absolute Gasteiger partial charge is 0.274 e. The number of carbonyl (C=O) groups is 2. The third kappa shape index (κ3) is 3.05. The molecule has 2 saturated heterocycles. The van der Waals surface area contributed by atoms with Gasteiger partial charge in [-0.2, -0.15) is 0 Å². The van der Waals surface area contributed by atoms with Crippen molar-refractivity contribution in [3.05, 3.63) is 53.9 Å². The highest BCUT2D eigenvalue weighted by Gasteiger charge is 2.46. The summed E-state index contributed by atoms with van der Waals surface area (Å²) in [7, 11) is 0. The number of hydrogen-bond donors (Lipinski definition) is 1. The Kier molecular flexibility index (Phi) is 4.14. The van der Waals surface area contributed by atoms with Crippen LogP contribution in [0.4, 0.5) is 0 Å². The second-order valence-corrected chi connectivity index (χ2v) is 7.14. The van der Waals surface area contributed by atoms with Crippen LogP contribution in [0.5, 0.6) is 0 Å². The Morgan fingerprint density at radius 3 is 2.58 bits per heavy atom. The van der Waals surface area contributed by atoms with Crippen molar-refractivity contribution >= 4 is 11.8 Å². The van der Waals surface area contributed by atoms with Gasteiger partial charge in [0.25, 0.3) is 5.91 Å². The number of aryl methyl sites for hydroxylation is 1. The number of aromatic nitrogens is 3. The molecule has 0 aromatic carbocycles. The molecule has 0 bridgehead atoms. The molecule has 2 aliphatic rings. The lowest BCUT2D eigenvalue weighted by atomic mass is 9.82. The third-order valence-corrected chi connectivity index (χ3v) is 5.42. The summed E-state index contributed by atoms with van der Waals surface area (Å²) in [5.74, 6) is -0.161. The average Bonchev–Trinajstić information content (AvgIpc) is 2.99. The summed E-state index contributed by atoms with van der Waals surface area (Å²) in [5.41, 5.74) is 1.94. The van der Waals surface area contributed by atoms with Crippen molar-refractivity contribution in [2.24, 2.45) is 0 Å². The first kappa shape index (κ1) is 16.6. The zero-order chi connectivity index (χ0) is 18.1. The minimum Gasteiger partial charge on any atom is -0.350 e. The van der Waals surface area contributed by atoms with Crippen molar-refractivity contribution in [1.29, 1.82) is 0 Å². The Balaban J connectivity index is 1.43. The predicted molar refractivity (Wildman–Crippen MR) is 94.4 cm³/mol. The SMILES string of the molecule is Cc1cnc(C(=O)N2CCC3(CC2)C[C@H](c2ccncc2)C(=O)N3)cn1. The summed E-state index contributed by atoms with van der Waals surface area (Å²) in [6.07, 6.45) is 8.85. The summed E-state index contributed by atoms with van der Waals surface area (Å²) in [6, 6.07) is 3.80. The number of likely N-dealkylation sites (tertiary alicyclic amines) is 1. The molecule has 7 heteroatoms. The maximum Gasteiger partial charge on any atom is 0.274 e. The van der Waals surface area contributed by atoms with Crippen LogP contribution in [0, 0.1) is 6.92 Å². The minimum absolute atomic E-state index is 0.0698. The van der Waals surface area contributed by atoms with Crippen LogP contribution in [0.25, 0.3) is 0 Å². The second-order valence-electron chi connectivity index (χ2n) is 7.14. The fourth-order valence-corrected chi connectivity index (χ4v) is 3.88. The van der Waals surface area contributed by atoms with Crippen LogP contribution in [0.3, 0.4) is 0 Å². The van der Waals surface area contributed by atoms with Crippen LogP contribution in [0.2, 0.25) is 0 Å². The molecule has 2 aromatic heterocycles. The van der Waals surface area contributed by atoms with Gasteiger partial charge in [0.15, 0.2) is 0 Å². The lowest BCUT2D eigenvalue weighted by Gasteiger charge is -2.39. The topological polar surface area (TPSA) is 88.1 Å². The second kappa shape index (κ2) is 6.48. The average molecular weight is 351 g/mol. The molecule has 2 amide bonds. The van der Waals surface area contributed by atoms with Gasteiger partial charge in [-0.25, -0.2) is 4.98 Å². The molecule has 0 unspecified atom stereocenters. The van der Waals surface area contributed by atoms with E-state index in [2.05, 4.69) is 20.3 Å². The largest absolute Gasteiger partial charge is 0.350 e. The minimum atomic E-state index is -0.221. The van der Waals surface area contributed by atoms with Crippen LogP contribution < -0.4 is 5.32 Å². The van der Waals surface area contributed by atoms with Crippen molar-refractivity contribution < 1.29 is 9.59 Å². The van der Waals surface area contributed by atoms with Crippen LogP contribution >= 0.6 is 0 Å². The van der Waals surface area contributed by atoms with Crippen molar-refractivity contribution in [2.75, 3.05) is 13.1 Å². The molecule has 1 N–H and O–H groups in total. The molecular formula is C19H21N5O2. The zero-order valence-corrected chi connectivity index (χ0v) is 14.7. The van der Waals surface area contributed by atoms with E-state index in [1.807, 2.05) is 19.1 Å². The van der Waals surface area contributed by atoms with Gasteiger partial charge in [-0.15, -0.1) is 0 Å². The standard InChI is InChI=1S/C19H21N5O2/c1-13-11-22-16(12-21-13)18(26)24-8-4-19(5-9-24)10-15(17(25)23-19)14-2-6-20-7-3-14/h2-3,6-7,11-12,15H,4-5,8-10H2,1H3,(H,23,25)/t15-/m1/s1. The van der Waals surface area contributed by atoms with E-state index < -0.39 is 0 Å². The first-order chi connectivity index (χ1) is 12.6. The Bertz CT molecular complexity index is 814. The fraction of sp³-hybridized carbons (Fsp3) is 0.421. The normalized spacial score (nSPS) is 21.7. The Labute approximate surface area is 151 Å². The van der Waals surface area contributed by atoms with E-state index >= 15 is 0 Å². The number of hydrogen-bond acceptors (Lipinski definition) is 5. The van der Waals surface area contributed by atoms with E-state index in [9.17, 15) is 9.59 Å². The van der Waals surface area contributed by atoms with Crippen LogP contribution in [-0.2, 0) is 4.79 Å². The number of nitrogens with zero attached hydrogens (tertiary/aromatic N) is 4. The molecule has 2 fully saturated rings. The van der Waals surface area contributed by atoms with Crippen molar-refractivity contribution in [3.63, 3.8) is 0 Å². The molecular weight excluding hydrogens is 330 g/mol. The molecule has 7 nitrogen and oxygen atoms in total. The summed E-state index contributed by atoms with van der Waals surface area (Å²) in [4.78, 5) is 39.2. The number of nitrogens with one attached hydrogen (secondary N) is 1. The van der Waals surface area contributed by atoms with Crippen LogP contribution in [-0.4, -0.2) is 50.3 Å². The summed E-state index contributed by atoms with van der Waals surface area (Å²) < 4.78 is 0. The van der Waals surface area contributed by atoms with Gasteiger partial charge in [0.1, 0.15) is 5.69 Å². The lowest BCUT2D eigenvalue weighted by molar-refractivity contribution is -0.121. The quantitative estimate of drug-likeness (QED) is 0.885. The van der Waals surface area contributed by atoms with Gasteiger partial charge in [0.2, 0.25) is 5.91 Å². The monoisotopic (exact) mass is 351 g/mol. The number of pyridine rings is 1. The third-order valence-electron chi connectivity index (χ3n) is 5.42. The van der Waals surface area contributed by atoms with E-state index in [4.69, 9.17) is 0 Å². The Hall–Kier alpha value is -2.83. The van der Waals surface area contributed by atoms with Crippen molar-refractivity contribution in [2.45, 2.75) is 37.6 Å². The van der Waals surface area contributed by atoms with Gasteiger partial charge in [-0.1, -0.05) is 0 Å². The molecule has 1 atom stereocenters. The summed E-state index contributed by atoms with van der Waals surface area (Å²) in [6.45, 7) is 3.06. The van der Waals surface area contributed by atoms with Gasteiger partial charge >= 0.3 is 0 Å². The van der Waals surface area contributed by atoms with Gasteiger partial charge in [0, 0.05) is 37.2 Å². The Morgan fingerprint density at radius 1 is 1.19 bits per heavy atom. The highest BCUT2D eigenvalue weighted by Crippen LogP contribution is 2.39. The lowest BCUT2D eigenvalue weighted by Crippen LogP contribution is -2.52. The fourth-order valence-electron chi connectivity index (χ4n) is 3.88. The highest BCUT2D eigenvalue weighted by molar-refractivity contribution is 5.92. The van der Waals surface area contributed by atoms with Gasteiger partial charge in [0.05, 0.1) is 17.8 Å². The first-order valence-corrected chi connectivity index (χ1v) is 8.86. The molecule has 0 radical (unpaired) electrons. The van der Waals surface area contributed by atoms with Gasteiger partial charge < -0.3 is 10.2 Å². The van der Waals surface area contributed by atoms with E-state index in [1.54, 1.807) is 23.5 Å². The molecule has 4 rings (SSSR count). The van der Waals surface area contributed by atoms with Gasteiger partial charge in [-0.3, -0.25) is 19.6 Å². The molecule has 2 aromatic rings. The van der Waals surface area contributed by atoms with Crippen LogP contribution in [0.1, 0.15) is 46.9 Å². The molecule has 2 aliphatic heterocycles. The van der Waals surface area contributed by atoms with Gasteiger partial charge in [-0.05, 0) is 43.9 Å². The van der Waals surface area contributed by atoms with E-state index in [1.165, 1.54) is 6.20 Å². The molecule has 134 valence electrons.